The zero-order valence-corrected chi connectivity index (χ0v) is 14.6. The minimum Gasteiger partial charge on any atom is -0.488 e. The van der Waals surface area contributed by atoms with Crippen LogP contribution in [0.2, 0.25) is 0 Å². The Morgan fingerprint density at radius 1 is 0.964 bits per heavy atom. The predicted octanol–water partition coefficient (Wildman–Crippen LogP) is 4.10. The summed E-state index contributed by atoms with van der Waals surface area (Å²) in [5.74, 6) is -0.0636. The molecule has 0 unspecified atom stereocenters. The van der Waals surface area contributed by atoms with E-state index in [2.05, 4.69) is 5.16 Å². The van der Waals surface area contributed by atoms with Crippen LogP contribution in [0.1, 0.15) is 27.0 Å². The first-order valence-corrected chi connectivity index (χ1v) is 8.48. The zero-order chi connectivity index (χ0) is 19.5. The van der Waals surface area contributed by atoms with Crippen molar-refractivity contribution in [3.8, 4) is 5.75 Å². The highest BCUT2D eigenvalue weighted by molar-refractivity contribution is 6.15. The lowest BCUT2D eigenvalue weighted by Crippen LogP contribution is -2.08. The Bertz CT molecular complexity index is 1040. The van der Waals surface area contributed by atoms with Crippen LogP contribution in [0.4, 0.5) is 5.69 Å². The van der Waals surface area contributed by atoms with E-state index in [0.717, 1.165) is 11.1 Å². The van der Waals surface area contributed by atoms with Crippen molar-refractivity contribution in [3.05, 3.63) is 105 Å². The molecular weight excluding hydrogens is 360 g/mol. The van der Waals surface area contributed by atoms with Gasteiger partial charge in [0.05, 0.1) is 10.5 Å². The van der Waals surface area contributed by atoms with Crippen molar-refractivity contribution < 1.29 is 19.3 Å². The van der Waals surface area contributed by atoms with Gasteiger partial charge in [-0.15, -0.1) is 0 Å². The first kappa shape index (κ1) is 17.4. The maximum atomic E-state index is 12.3. The van der Waals surface area contributed by atoms with E-state index in [1.54, 1.807) is 0 Å². The summed E-state index contributed by atoms with van der Waals surface area (Å²) in [4.78, 5) is 27.7. The molecular formula is C21H14N2O5. The van der Waals surface area contributed by atoms with Crippen LogP contribution >= 0.6 is 0 Å². The largest absolute Gasteiger partial charge is 0.488 e. The number of hydrogen-bond donors (Lipinski definition) is 0. The Hall–Kier alpha value is -4.00. The highest BCUT2D eigenvalue weighted by atomic mass is 16.7. The van der Waals surface area contributed by atoms with Gasteiger partial charge in [0.2, 0.25) is 0 Å². The fraction of sp³-hybridized carbons (Fsp3) is 0.0476. The molecule has 0 fully saturated rings. The van der Waals surface area contributed by atoms with E-state index in [4.69, 9.17) is 9.57 Å². The van der Waals surface area contributed by atoms with Crippen LogP contribution in [-0.2, 0) is 11.4 Å². The van der Waals surface area contributed by atoms with E-state index in [9.17, 15) is 14.9 Å². The summed E-state index contributed by atoms with van der Waals surface area (Å²) in [5, 5.41) is 14.8. The van der Waals surface area contributed by atoms with Crippen molar-refractivity contribution in [2.24, 2.45) is 5.16 Å². The Morgan fingerprint density at radius 3 is 2.39 bits per heavy atom. The lowest BCUT2D eigenvalue weighted by atomic mass is 9.98. The van der Waals surface area contributed by atoms with Crippen molar-refractivity contribution in [2.45, 2.75) is 6.61 Å². The molecule has 0 aliphatic carbocycles. The van der Waals surface area contributed by atoms with Crippen molar-refractivity contribution >= 4 is 17.4 Å². The number of para-hydroxylation sites is 1. The number of carbonyl (C=O) groups is 1. The van der Waals surface area contributed by atoms with Gasteiger partial charge in [0.1, 0.15) is 18.1 Å². The van der Waals surface area contributed by atoms with Crippen LogP contribution < -0.4 is 4.74 Å². The summed E-state index contributed by atoms with van der Waals surface area (Å²) in [6.45, 7) is 0.377. The van der Waals surface area contributed by atoms with Crippen molar-refractivity contribution in [3.63, 3.8) is 0 Å². The molecule has 0 N–H and O–H groups in total. The second kappa shape index (κ2) is 7.32. The number of carbonyl (C=O) groups excluding carboxylic acids is 1. The number of fused-ring (bicyclic) bond motifs is 2. The minimum absolute atomic E-state index is 0.105. The van der Waals surface area contributed by atoms with Crippen LogP contribution in [0.25, 0.3) is 0 Å². The molecule has 1 aliphatic rings. The summed E-state index contributed by atoms with van der Waals surface area (Å²) in [6.07, 6.45) is 0. The lowest BCUT2D eigenvalue weighted by Gasteiger charge is -2.08. The monoisotopic (exact) mass is 374 g/mol. The Balaban J connectivity index is 1.69. The van der Waals surface area contributed by atoms with Gasteiger partial charge in [-0.3, -0.25) is 10.1 Å². The molecule has 0 saturated heterocycles. The molecule has 28 heavy (non-hydrogen) atoms. The SMILES string of the molecule is O=C(O/N=C1/c2ccccc2COc2ccccc21)c1ccc([N+](=O)[O-])cc1. The molecule has 0 atom stereocenters. The molecule has 1 aliphatic heterocycles. The fourth-order valence-corrected chi connectivity index (χ4v) is 2.92. The lowest BCUT2D eigenvalue weighted by molar-refractivity contribution is -0.384. The number of benzene rings is 3. The molecule has 0 amide bonds. The third-order valence-corrected chi connectivity index (χ3v) is 4.33. The molecule has 0 bridgehead atoms. The first-order valence-electron chi connectivity index (χ1n) is 8.48. The van der Waals surface area contributed by atoms with Crippen LogP contribution in [0, 0.1) is 10.1 Å². The number of non-ortho nitro benzene ring substituents is 1. The topological polar surface area (TPSA) is 91.0 Å². The molecule has 3 aromatic carbocycles. The van der Waals surface area contributed by atoms with E-state index in [1.807, 2.05) is 48.5 Å². The van der Waals surface area contributed by atoms with Crippen LogP contribution in [-0.4, -0.2) is 16.6 Å². The highest BCUT2D eigenvalue weighted by Gasteiger charge is 2.21. The Labute approximate surface area is 160 Å². The number of rotatable bonds is 3. The van der Waals surface area contributed by atoms with Crippen molar-refractivity contribution in [2.75, 3.05) is 0 Å². The number of nitro benzene ring substituents is 1. The molecule has 0 saturated carbocycles. The first-order chi connectivity index (χ1) is 13.6. The maximum absolute atomic E-state index is 12.3. The molecule has 1 heterocycles. The predicted molar refractivity (Wildman–Crippen MR) is 101 cm³/mol. The van der Waals surface area contributed by atoms with Gasteiger partial charge in [-0.05, 0) is 29.8 Å². The van der Waals surface area contributed by atoms with E-state index in [0.29, 0.717) is 23.6 Å². The fourth-order valence-electron chi connectivity index (χ4n) is 2.92. The average Bonchev–Trinajstić information content (AvgIpc) is 2.89. The van der Waals surface area contributed by atoms with Gasteiger partial charge in [0, 0.05) is 23.3 Å². The smallest absolute Gasteiger partial charge is 0.365 e. The summed E-state index contributed by atoms with van der Waals surface area (Å²) in [6, 6.07) is 20.1. The molecule has 0 radical (unpaired) electrons. The molecule has 4 rings (SSSR count). The number of ether oxygens (including phenoxy) is 1. The summed E-state index contributed by atoms with van der Waals surface area (Å²) >= 11 is 0. The standard InChI is InChI=1S/C21H14N2O5/c24-21(14-9-11-16(12-10-14)23(25)26)28-22-20-17-6-2-1-5-15(17)13-27-19-8-4-3-7-18(19)20/h1-12H,13H2/b22-20-. The number of nitrogens with zero attached hydrogens (tertiary/aromatic N) is 2. The summed E-state index contributed by atoms with van der Waals surface area (Å²) in [7, 11) is 0. The zero-order valence-electron chi connectivity index (χ0n) is 14.6. The van der Waals surface area contributed by atoms with E-state index in [-0.39, 0.29) is 11.3 Å². The number of nitro groups is 1. The van der Waals surface area contributed by atoms with Gasteiger partial charge in [-0.2, -0.15) is 0 Å². The summed E-state index contributed by atoms with van der Waals surface area (Å²) in [5.41, 5.74) is 2.99. The second-order valence-electron chi connectivity index (χ2n) is 6.06. The number of hydrogen-bond acceptors (Lipinski definition) is 6. The minimum atomic E-state index is -0.706. The van der Waals surface area contributed by atoms with Crippen LogP contribution in [0.5, 0.6) is 5.75 Å². The average molecular weight is 374 g/mol. The molecule has 3 aromatic rings. The molecule has 0 spiro atoms. The van der Waals surface area contributed by atoms with Gasteiger partial charge in [0.25, 0.3) is 5.69 Å². The normalized spacial score (nSPS) is 13.6. The maximum Gasteiger partial charge on any atom is 0.365 e. The van der Waals surface area contributed by atoms with Gasteiger partial charge in [0.15, 0.2) is 0 Å². The highest BCUT2D eigenvalue weighted by Crippen LogP contribution is 2.29. The van der Waals surface area contributed by atoms with E-state index >= 15 is 0 Å². The second-order valence-corrected chi connectivity index (χ2v) is 6.06. The molecule has 138 valence electrons. The third-order valence-electron chi connectivity index (χ3n) is 4.33. The van der Waals surface area contributed by atoms with Crippen molar-refractivity contribution in [1.82, 2.24) is 0 Å². The van der Waals surface area contributed by atoms with Gasteiger partial charge in [-0.1, -0.05) is 41.6 Å². The van der Waals surface area contributed by atoms with Gasteiger partial charge < -0.3 is 9.57 Å². The van der Waals surface area contributed by atoms with E-state index < -0.39 is 10.9 Å². The summed E-state index contributed by atoms with van der Waals surface area (Å²) < 4.78 is 5.85. The quantitative estimate of drug-likeness (QED) is 0.391. The molecule has 7 heteroatoms. The Kier molecular flexibility index (Phi) is 4.55. The van der Waals surface area contributed by atoms with Gasteiger partial charge >= 0.3 is 5.97 Å². The van der Waals surface area contributed by atoms with Crippen LogP contribution in [0.15, 0.2) is 78.0 Å². The number of oxime groups is 1. The van der Waals surface area contributed by atoms with Crippen molar-refractivity contribution in [1.29, 1.82) is 0 Å². The van der Waals surface area contributed by atoms with E-state index in [1.165, 1.54) is 24.3 Å². The van der Waals surface area contributed by atoms with Gasteiger partial charge in [-0.25, -0.2) is 4.79 Å². The molecule has 7 nitrogen and oxygen atoms in total. The third kappa shape index (κ3) is 3.33. The Morgan fingerprint density at radius 2 is 1.64 bits per heavy atom. The van der Waals surface area contributed by atoms with Crippen LogP contribution in [0.3, 0.4) is 0 Å². The molecule has 0 aromatic heterocycles.